The maximum atomic E-state index is 10.8. The van der Waals surface area contributed by atoms with Crippen LogP contribution in [0.3, 0.4) is 0 Å². The van der Waals surface area contributed by atoms with Crippen molar-refractivity contribution in [3.8, 4) is 0 Å². The lowest BCUT2D eigenvalue weighted by Crippen LogP contribution is -2.32. The molecule has 0 aromatic rings. The molecule has 2 aliphatic rings. The molecule has 2 rings (SSSR count). The van der Waals surface area contributed by atoms with Gasteiger partial charge in [0.05, 0.1) is 12.5 Å². The van der Waals surface area contributed by atoms with E-state index in [2.05, 4.69) is 0 Å². The van der Waals surface area contributed by atoms with E-state index in [1.54, 1.807) is 0 Å². The lowest BCUT2D eigenvalue weighted by atomic mass is 9.84. The number of hydrogen-bond acceptors (Lipinski definition) is 3. The Bertz CT molecular complexity index is 178. The minimum atomic E-state index is -0.305. The van der Waals surface area contributed by atoms with Gasteiger partial charge in [0.2, 0.25) is 0 Å². The summed E-state index contributed by atoms with van der Waals surface area (Å²) in [6, 6.07) is 0. The molecule has 3 atom stereocenters. The van der Waals surface area contributed by atoms with E-state index in [1.165, 1.54) is 0 Å². The van der Waals surface area contributed by atoms with Crippen molar-refractivity contribution in [2.45, 2.75) is 37.9 Å². The van der Waals surface area contributed by atoms with Crippen LogP contribution in [0.1, 0.15) is 25.7 Å². The second-order valence-corrected chi connectivity index (χ2v) is 3.39. The molecule has 3 nitrogen and oxygen atoms in total. The average molecular weight is 156 g/mol. The molecular formula is C8H12O3. The highest BCUT2D eigenvalue weighted by atomic mass is 16.6. The van der Waals surface area contributed by atoms with Crippen LogP contribution in [-0.2, 0) is 9.53 Å². The summed E-state index contributed by atoms with van der Waals surface area (Å²) in [5, 5.41) is 9.46. The summed E-state index contributed by atoms with van der Waals surface area (Å²) in [5.41, 5.74) is 0. The number of carbonyl (C=O) groups excluding carboxylic acids is 1. The van der Waals surface area contributed by atoms with Gasteiger partial charge in [0, 0.05) is 5.92 Å². The van der Waals surface area contributed by atoms with Crippen molar-refractivity contribution in [3.63, 3.8) is 0 Å². The van der Waals surface area contributed by atoms with Crippen LogP contribution >= 0.6 is 0 Å². The highest BCUT2D eigenvalue weighted by Gasteiger charge is 2.41. The molecule has 2 fully saturated rings. The molecule has 1 saturated heterocycles. The number of rotatable bonds is 0. The Kier molecular flexibility index (Phi) is 1.60. The molecule has 1 N–H and O–H groups in total. The minimum absolute atomic E-state index is 0.0197. The Labute approximate surface area is 65.4 Å². The molecule has 11 heavy (non-hydrogen) atoms. The van der Waals surface area contributed by atoms with E-state index >= 15 is 0 Å². The van der Waals surface area contributed by atoms with Gasteiger partial charge in [0.1, 0.15) is 6.10 Å². The summed E-state index contributed by atoms with van der Waals surface area (Å²) in [4.78, 5) is 10.8. The normalized spacial score (nSPS) is 43.4. The molecule has 0 spiro atoms. The zero-order chi connectivity index (χ0) is 7.84. The Balaban J connectivity index is 2.09. The molecule has 1 aliphatic carbocycles. The second kappa shape index (κ2) is 2.48. The maximum absolute atomic E-state index is 10.8. The summed E-state index contributed by atoms with van der Waals surface area (Å²) in [6.07, 6.45) is 2.89. The molecule has 0 amide bonds. The maximum Gasteiger partial charge on any atom is 0.306 e. The van der Waals surface area contributed by atoms with Gasteiger partial charge in [-0.25, -0.2) is 0 Å². The minimum Gasteiger partial charge on any atom is -0.462 e. The smallest absolute Gasteiger partial charge is 0.306 e. The predicted molar refractivity (Wildman–Crippen MR) is 37.8 cm³/mol. The third-order valence-corrected chi connectivity index (χ3v) is 2.65. The van der Waals surface area contributed by atoms with Crippen molar-refractivity contribution in [3.05, 3.63) is 0 Å². The van der Waals surface area contributed by atoms with Crippen LogP contribution in [0, 0.1) is 5.92 Å². The fraction of sp³-hybridized carbons (Fsp3) is 0.875. The lowest BCUT2D eigenvalue weighted by Gasteiger charge is -2.27. The lowest BCUT2D eigenvalue weighted by molar-refractivity contribution is -0.142. The number of fused-ring (bicyclic) bond motifs is 1. The molecule has 0 radical (unpaired) electrons. The SMILES string of the molecule is O=C1C[C@H]2[C@H](O)CCC[C@H]2O1. The zero-order valence-electron chi connectivity index (χ0n) is 6.32. The number of carbonyl (C=O) groups is 1. The van der Waals surface area contributed by atoms with Gasteiger partial charge in [-0.15, -0.1) is 0 Å². The topological polar surface area (TPSA) is 46.5 Å². The predicted octanol–water partition coefficient (Wildman–Crippen LogP) is 0.463. The Morgan fingerprint density at radius 2 is 2.27 bits per heavy atom. The Hall–Kier alpha value is -0.570. The van der Waals surface area contributed by atoms with Gasteiger partial charge in [-0.3, -0.25) is 4.79 Å². The molecule has 1 saturated carbocycles. The first-order valence-electron chi connectivity index (χ1n) is 4.15. The van der Waals surface area contributed by atoms with Crippen LogP contribution in [0.2, 0.25) is 0 Å². The molecule has 3 heteroatoms. The standard InChI is InChI=1S/C8H12O3/c9-6-2-1-3-7-5(6)4-8(10)11-7/h5-7,9H,1-4H2/t5-,6+,7+/m0/s1. The number of aliphatic hydroxyl groups excluding tert-OH is 1. The molecule has 0 bridgehead atoms. The van der Waals surface area contributed by atoms with E-state index in [9.17, 15) is 9.90 Å². The fourth-order valence-corrected chi connectivity index (χ4v) is 2.03. The van der Waals surface area contributed by atoms with Crippen molar-refractivity contribution in [2.75, 3.05) is 0 Å². The number of hydrogen-bond donors (Lipinski definition) is 1. The summed E-state index contributed by atoms with van der Waals surface area (Å²) in [5.74, 6) is -0.0443. The van der Waals surface area contributed by atoms with E-state index in [4.69, 9.17) is 4.74 Å². The Morgan fingerprint density at radius 3 is 3.00 bits per heavy atom. The van der Waals surface area contributed by atoms with Gasteiger partial charge in [-0.05, 0) is 19.3 Å². The van der Waals surface area contributed by atoms with Gasteiger partial charge in [0.15, 0.2) is 0 Å². The Morgan fingerprint density at radius 1 is 1.45 bits per heavy atom. The van der Waals surface area contributed by atoms with Crippen LogP contribution in [0.5, 0.6) is 0 Å². The summed E-state index contributed by atoms with van der Waals surface area (Å²) in [6.45, 7) is 0. The third-order valence-electron chi connectivity index (χ3n) is 2.65. The number of aliphatic hydroxyl groups is 1. The van der Waals surface area contributed by atoms with E-state index in [1.807, 2.05) is 0 Å². The highest BCUT2D eigenvalue weighted by Crippen LogP contribution is 2.34. The van der Waals surface area contributed by atoms with Gasteiger partial charge in [-0.2, -0.15) is 0 Å². The van der Waals surface area contributed by atoms with E-state index in [0.717, 1.165) is 19.3 Å². The molecule has 1 aliphatic heterocycles. The van der Waals surface area contributed by atoms with E-state index < -0.39 is 0 Å². The van der Waals surface area contributed by atoms with Crippen molar-refractivity contribution in [1.29, 1.82) is 0 Å². The summed E-state index contributed by atoms with van der Waals surface area (Å²) in [7, 11) is 0. The highest BCUT2D eigenvalue weighted by molar-refractivity contribution is 5.72. The van der Waals surface area contributed by atoms with Crippen LogP contribution in [0.15, 0.2) is 0 Å². The first kappa shape index (κ1) is 7.10. The third kappa shape index (κ3) is 1.13. The summed E-state index contributed by atoms with van der Waals surface area (Å²) < 4.78 is 5.04. The van der Waals surface area contributed by atoms with Crippen molar-refractivity contribution in [2.24, 2.45) is 5.92 Å². The second-order valence-electron chi connectivity index (χ2n) is 3.39. The zero-order valence-corrected chi connectivity index (χ0v) is 6.32. The van der Waals surface area contributed by atoms with Crippen LogP contribution in [0.4, 0.5) is 0 Å². The van der Waals surface area contributed by atoms with Crippen molar-refractivity contribution >= 4 is 5.97 Å². The largest absolute Gasteiger partial charge is 0.462 e. The quantitative estimate of drug-likeness (QED) is 0.518. The number of ether oxygens (including phenoxy) is 1. The molecule has 1 heterocycles. The van der Waals surface area contributed by atoms with Gasteiger partial charge >= 0.3 is 5.97 Å². The summed E-state index contributed by atoms with van der Waals surface area (Å²) >= 11 is 0. The van der Waals surface area contributed by atoms with Crippen LogP contribution in [-0.4, -0.2) is 23.3 Å². The van der Waals surface area contributed by atoms with Gasteiger partial charge in [0.25, 0.3) is 0 Å². The first-order chi connectivity index (χ1) is 5.27. The van der Waals surface area contributed by atoms with Crippen LogP contribution in [0.25, 0.3) is 0 Å². The van der Waals surface area contributed by atoms with E-state index in [0.29, 0.717) is 6.42 Å². The molecule has 62 valence electrons. The monoisotopic (exact) mass is 156 g/mol. The fourth-order valence-electron chi connectivity index (χ4n) is 2.03. The van der Waals surface area contributed by atoms with Gasteiger partial charge in [-0.1, -0.05) is 0 Å². The number of esters is 1. The van der Waals surface area contributed by atoms with Crippen molar-refractivity contribution in [1.82, 2.24) is 0 Å². The molecular weight excluding hydrogens is 144 g/mol. The van der Waals surface area contributed by atoms with Gasteiger partial charge < -0.3 is 9.84 Å². The molecule has 0 aromatic heterocycles. The molecule has 0 aromatic carbocycles. The molecule has 0 unspecified atom stereocenters. The van der Waals surface area contributed by atoms with Crippen molar-refractivity contribution < 1.29 is 14.6 Å². The first-order valence-corrected chi connectivity index (χ1v) is 4.15. The van der Waals surface area contributed by atoms with E-state index in [-0.39, 0.29) is 24.1 Å². The average Bonchev–Trinajstić information content (AvgIpc) is 2.31. The van der Waals surface area contributed by atoms with Crippen LogP contribution < -0.4 is 0 Å².